The van der Waals surface area contributed by atoms with E-state index in [0.29, 0.717) is 6.04 Å². The van der Waals surface area contributed by atoms with Gasteiger partial charge in [0.1, 0.15) is 0 Å². The molecule has 0 aromatic carbocycles. The van der Waals surface area contributed by atoms with Crippen LogP contribution < -0.4 is 0 Å². The number of rotatable bonds is 3. The Balaban J connectivity index is 3.73. The van der Waals surface area contributed by atoms with Crippen LogP contribution in [0.25, 0.3) is 0 Å². The van der Waals surface area contributed by atoms with E-state index in [9.17, 15) is 0 Å². The number of halogens is 3. The molecule has 0 N–H and O–H groups in total. The summed E-state index contributed by atoms with van der Waals surface area (Å²) in [6, 6.07) is -1.76. The van der Waals surface area contributed by atoms with Gasteiger partial charge in [-0.05, 0) is 13.3 Å². The molecule has 0 aromatic heterocycles. The van der Waals surface area contributed by atoms with E-state index >= 15 is 0 Å². The van der Waals surface area contributed by atoms with Gasteiger partial charge >= 0.3 is 6.00 Å². The molecule has 0 spiro atoms. The lowest BCUT2D eigenvalue weighted by atomic mass is 10.2. The molecule has 0 aliphatic rings. The summed E-state index contributed by atoms with van der Waals surface area (Å²) in [7, 11) is 0. The Labute approximate surface area is 77.3 Å². The Morgan fingerprint density at radius 1 is 1.40 bits per heavy atom. The fraction of sp³-hybridized carbons (Fsp3) is 0.667. The molecule has 10 heavy (non-hydrogen) atoms. The fourth-order valence-corrected chi connectivity index (χ4v) is 1.71. The summed E-state index contributed by atoms with van der Waals surface area (Å²) in [5.74, 6) is 0. The highest BCUT2D eigenvalue weighted by atomic mass is 35.8. The molecule has 60 valence electrons. The predicted octanol–water partition coefficient (Wildman–Crippen LogP) is 4.00. The molecule has 0 atom stereocenters. The Morgan fingerprint density at radius 2 is 1.90 bits per heavy atom. The SMILES string of the molecule is CCC(C)=CC[Si](Cl)(Cl)Cl. The van der Waals surface area contributed by atoms with E-state index in [0.717, 1.165) is 6.42 Å². The normalized spacial score (nSPS) is 13.9. The average Bonchev–Trinajstić information content (AvgIpc) is 1.81. The van der Waals surface area contributed by atoms with E-state index in [1.807, 2.05) is 13.0 Å². The van der Waals surface area contributed by atoms with Crippen LogP contribution in [0.15, 0.2) is 11.6 Å². The van der Waals surface area contributed by atoms with Crippen molar-refractivity contribution in [2.24, 2.45) is 0 Å². The van der Waals surface area contributed by atoms with E-state index in [2.05, 4.69) is 6.92 Å². The van der Waals surface area contributed by atoms with Crippen LogP contribution >= 0.6 is 33.2 Å². The summed E-state index contributed by atoms with van der Waals surface area (Å²) in [5.41, 5.74) is 1.29. The van der Waals surface area contributed by atoms with Crippen LogP contribution in [0.1, 0.15) is 20.3 Å². The van der Waals surface area contributed by atoms with Crippen molar-refractivity contribution >= 4 is 39.2 Å². The van der Waals surface area contributed by atoms with Gasteiger partial charge in [0.15, 0.2) is 0 Å². The summed E-state index contributed by atoms with van der Waals surface area (Å²) in [5, 5.41) is 0. The number of hydrogen-bond donors (Lipinski definition) is 0. The molecule has 0 aromatic rings. The molecule has 0 unspecified atom stereocenters. The van der Waals surface area contributed by atoms with E-state index in [1.54, 1.807) is 0 Å². The summed E-state index contributed by atoms with van der Waals surface area (Å²) in [6.45, 7) is 4.14. The van der Waals surface area contributed by atoms with Crippen LogP contribution in [0.4, 0.5) is 0 Å². The van der Waals surface area contributed by atoms with Gasteiger partial charge in [0.25, 0.3) is 0 Å². The smallest absolute Gasteiger partial charge is 0.126 e. The zero-order valence-electron chi connectivity index (χ0n) is 6.13. The first-order valence-electron chi connectivity index (χ1n) is 3.18. The van der Waals surface area contributed by atoms with Crippen LogP contribution in [-0.4, -0.2) is 6.00 Å². The van der Waals surface area contributed by atoms with Gasteiger partial charge in [0.2, 0.25) is 0 Å². The van der Waals surface area contributed by atoms with E-state index in [-0.39, 0.29) is 0 Å². The second-order valence-corrected chi connectivity index (χ2v) is 11.4. The van der Waals surface area contributed by atoms with Gasteiger partial charge < -0.3 is 0 Å². The maximum absolute atomic E-state index is 5.66. The van der Waals surface area contributed by atoms with Crippen LogP contribution in [-0.2, 0) is 0 Å². The molecular weight excluding hydrogens is 207 g/mol. The van der Waals surface area contributed by atoms with Crippen molar-refractivity contribution in [3.63, 3.8) is 0 Å². The van der Waals surface area contributed by atoms with Gasteiger partial charge in [0, 0.05) is 6.04 Å². The zero-order chi connectivity index (χ0) is 8.20. The van der Waals surface area contributed by atoms with Gasteiger partial charge in [-0.25, -0.2) is 0 Å². The molecule has 4 heteroatoms. The first-order chi connectivity index (χ1) is 4.45. The second-order valence-electron chi connectivity index (χ2n) is 2.22. The first kappa shape index (κ1) is 10.8. The summed E-state index contributed by atoms with van der Waals surface area (Å²) < 4.78 is 0. The van der Waals surface area contributed by atoms with Crippen molar-refractivity contribution in [2.75, 3.05) is 0 Å². The maximum Gasteiger partial charge on any atom is 0.344 e. The third-order valence-electron chi connectivity index (χ3n) is 1.24. The number of hydrogen-bond acceptors (Lipinski definition) is 0. The highest BCUT2D eigenvalue weighted by Gasteiger charge is 2.22. The largest absolute Gasteiger partial charge is 0.344 e. The minimum Gasteiger partial charge on any atom is -0.126 e. The molecule has 0 rings (SSSR count). The van der Waals surface area contributed by atoms with Crippen molar-refractivity contribution < 1.29 is 0 Å². The van der Waals surface area contributed by atoms with Crippen molar-refractivity contribution in [1.29, 1.82) is 0 Å². The van der Waals surface area contributed by atoms with Gasteiger partial charge in [-0.1, -0.05) is 18.6 Å². The molecule has 0 saturated carbocycles. The third-order valence-corrected chi connectivity index (χ3v) is 3.30. The lowest BCUT2D eigenvalue weighted by Gasteiger charge is -2.03. The topological polar surface area (TPSA) is 0 Å². The van der Waals surface area contributed by atoms with Crippen LogP contribution in [0.5, 0.6) is 0 Å². The quantitative estimate of drug-likeness (QED) is 0.381. The maximum atomic E-state index is 5.66. The molecule has 0 amide bonds. The summed E-state index contributed by atoms with van der Waals surface area (Å²) in [4.78, 5) is 0. The Kier molecular flexibility index (Phi) is 5.04. The van der Waals surface area contributed by atoms with Gasteiger partial charge in [0.05, 0.1) is 0 Å². The lowest BCUT2D eigenvalue weighted by molar-refractivity contribution is 1.09. The Morgan fingerprint density at radius 3 is 2.20 bits per heavy atom. The molecule has 0 bridgehead atoms. The molecule has 0 saturated heterocycles. The molecule has 0 aliphatic carbocycles. The van der Waals surface area contributed by atoms with E-state index in [1.165, 1.54) is 5.57 Å². The van der Waals surface area contributed by atoms with Crippen LogP contribution in [0.3, 0.4) is 0 Å². The minimum absolute atomic E-state index is 0.636. The molecular formula is C6H11Cl3Si. The van der Waals surface area contributed by atoms with Gasteiger partial charge in [-0.15, -0.1) is 33.2 Å². The second kappa shape index (κ2) is 4.65. The third kappa shape index (κ3) is 6.94. The summed E-state index contributed by atoms with van der Waals surface area (Å²) >= 11 is 17.0. The fourth-order valence-electron chi connectivity index (χ4n) is 0.434. The molecule has 0 fully saturated rings. The van der Waals surface area contributed by atoms with Crippen LogP contribution in [0.2, 0.25) is 6.04 Å². The lowest BCUT2D eigenvalue weighted by Crippen LogP contribution is -2.06. The van der Waals surface area contributed by atoms with Crippen molar-refractivity contribution in [3.05, 3.63) is 11.6 Å². The average molecular weight is 218 g/mol. The van der Waals surface area contributed by atoms with Crippen molar-refractivity contribution in [1.82, 2.24) is 0 Å². The molecule has 0 radical (unpaired) electrons. The van der Waals surface area contributed by atoms with Crippen LogP contribution in [0, 0.1) is 0 Å². The number of allylic oxidation sites excluding steroid dienone is 2. The minimum atomic E-state index is -2.40. The predicted molar refractivity (Wildman–Crippen MR) is 52.2 cm³/mol. The highest BCUT2D eigenvalue weighted by Crippen LogP contribution is 2.25. The Hall–Kier alpha value is 0.827. The molecule has 0 heterocycles. The van der Waals surface area contributed by atoms with Gasteiger partial charge in [-0.2, -0.15) is 0 Å². The van der Waals surface area contributed by atoms with Crippen molar-refractivity contribution in [3.8, 4) is 0 Å². The van der Waals surface area contributed by atoms with E-state index < -0.39 is 6.00 Å². The molecule has 0 aliphatic heterocycles. The standard InChI is InChI=1S/C6H11Cl3Si/c1-3-6(2)4-5-10(7,8)9/h4H,3,5H2,1-2H3. The monoisotopic (exact) mass is 216 g/mol. The van der Waals surface area contributed by atoms with E-state index in [4.69, 9.17) is 33.2 Å². The highest BCUT2D eigenvalue weighted by molar-refractivity contribution is 7.64. The van der Waals surface area contributed by atoms with Crippen molar-refractivity contribution in [2.45, 2.75) is 26.3 Å². The molecule has 0 nitrogen and oxygen atoms in total. The first-order valence-corrected chi connectivity index (χ1v) is 8.42. The zero-order valence-corrected chi connectivity index (χ0v) is 9.39. The Bertz CT molecular complexity index is 125. The van der Waals surface area contributed by atoms with Gasteiger partial charge in [-0.3, -0.25) is 0 Å². The summed E-state index contributed by atoms with van der Waals surface area (Å²) in [6.07, 6.45) is 3.05.